The van der Waals surface area contributed by atoms with Gasteiger partial charge in [0.1, 0.15) is 0 Å². The predicted octanol–water partition coefficient (Wildman–Crippen LogP) is 3.33. The number of hydrogen-bond acceptors (Lipinski definition) is 3. The van der Waals surface area contributed by atoms with Gasteiger partial charge < -0.3 is 10.6 Å². The Labute approximate surface area is 174 Å². The van der Waals surface area contributed by atoms with Crippen molar-refractivity contribution in [1.82, 2.24) is 9.80 Å². The molecule has 5 heteroatoms. The quantitative estimate of drug-likeness (QED) is 0.810. The maximum atomic E-state index is 13.0. The first kappa shape index (κ1) is 20.8. The summed E-state index contributed by atoms with van der Waals surface area (Å²) < 4.78 is 0. The fraction of sp³-hybridized carbons (Fsp3) is 0.435. The monoisotopic (exact) mass is 399 g/mol. The highest BCUT2D eigenvalue weighted by atomic mass is 35.5. The van der Waals surface area contributed by atoms with Crippen molar-refractivity contribution >= 4 is 18.3 Å². The predicted molar refractivity (Wildman–Crippen MR) is 116 cm³/mol. The molecule has 0 unspecified atom stereocenters. The Balaban J connectivity index is 0.00000225. The SMILES string of the molecule is Cc1ccc(CN(C(=O)CN2C[C@@H](N)[C@H](c3ccccc3)C2)C2CC2)cc1.Cl. The fourth-order valence-electron chi connectivity index (χ4n) is 4.07. The molecule has 1 saturated heterocycles. The number of carbonyl (C=O) groups excluding carboxylic acids is 1. The van der Waals surface area contributed by atoms with E-state index in [1.54, 1.807) is 0 Å². The number of likely N-dealkylation sites (tertiary alicyclic amines) is 1. The van der Waals surface area contributed by atoms with Crippen molar-refractivity contribution in [2.24, 2.45) is 5.73 Å². The zero-order chi connectivity index (χ0) is 18.8. The smallest absolute Gasteiger partial charge is 0.237 e. The molecule has 1 aliphatic carbocycles. The molecule has 2 aromatic rings. The Kier molecular flexibility index (Phi) is 6.76. The number of rotatable bonds is 6. The summed E-state index contributed by atoms with van der Waals surface area (Å²) in [7, 11) is 0. The Hall–Kier alpha value is -1.88. The Morgan fingerprint density at radius 3 is 2.39 bits per heavy atom. The van der Waals surface area contributed by atoms with Gasteiger partial charge in [0.2, 0.25) is 5.91 Å². The van der Waals surface area contributed by atoms with E-state index < -0.39 is 0 Å². The average Bonchev–Trinajstić information content (AvgIpc) is 3.44. The van der Waals surface area contributed by atoms with E-state index in [1.807, 2.05) is 6.07 Å². The highest BCUT2D eigenvalue weighted by Gasteiger charge is 2.36. The van der Waals surface area contributed by atoms with Crippen molar-refractivity contribution in [2.75, 3.05) is 19.6 Å². The van der Waals surface area contributed by atoms with Crippen molar-refractivity contribution in [3.05, 3.63) is 71.3 Å². The molecule has 4 nitrogen and oxygen atoms in total. The number of hydrogen-bond donors (Lipinski definition) is 1. The van der Waals surface area contributed by atoms with E-state index in [4.69, 9.17) is 5.73 Å². The lowest BCUT2D eigenvalue weighted by Crippen LogP contribution is -2.41. The van der Waals surface area contributed by atoms with E-state index >= 15 is 0 Å². The lowest BCUT2D eigenvalue weighted by atomic mass is 9.95. The van der Waals surface area contributed by atoms with Gasteiger partial charge in [0, 0.05) is 37.6 Å². The van der Waals surface area contributed by atoms with Gasteiger partial charge in [-0.1, -0.05) is 60.2 Å². The largest absolute Gasteiger partial charge is 0.334 e. The Morgan fingerprint density at radius 1 is 1.07 bits per heavy atom. The van der Waals surface area contributed by atoms with Crippen LogP contribution in [0.2, 0.25) is 0 Å². The van der Waals surface area contributed by atoms with Crippen LogP contribution < -0.4 is 5.73 Å². The maximum Gasteiger partial charge on any atom is 0.237 e. The number of aryl methyl sites for hydroxylation is 1. The molecule has 1 heterocycles. The molecular weight excluding hydrogens is 370 g/mol. The summed E-state index contributed by atoms with van der Waals surface area (Å²) in [5.74, 6) is 0.546. The normalized spacial score (nSPS) is 21.9. The molecule has 150 valence electrons. The van der Waals surface area contributed by atoms with Crippen LogP contribution in [0.5, 0.6) is 0 Å². The maximum absolute atomic E-state index is 13.0. The van der Waals surface area contributed by atoms with E-state index in [1.165, 1.54) is 16.7 Å². The van der Waals surface area contributed by atoms with E-state index in [0.717, 1.165) is 25.9 Å². The summed E-state index contributed by atoms with van der Waals surface area (Å²) in [6.45, 7) is 4.92. The third-order valence-electron chi connectivity index (χ3n) is 5.81. The van der Waals surface area contributed by atoms with Crippen LogP contribution in [0.3, 0.4) is 0 Å². The third-order valence-corrected chi connectivity index (χ3v) is 5.81. The molecule has 2 atom stereocenters. The molecule has 2 fully saturated rings. The van der Waals surface area contributed by atoms with Gasteiger partial charge in [-0.25, -0.2) is 0 Å². The fourth-order valence-corrected chi connectivity index (χ4v) is 4.07. The Bertz CT molecular complexity index is 776. The van der Waals surface area contributed by atoms with Crippen LogP contribution in [0, 0.1) is 6.92 Å². The highest BCUT2D eigenvalue weighted by Crippen LogP contribution is 2.30. The first-order valence-corrected chi connectivity index (χ1v) is 9.98. The first-order valence-electron chi connectivity index (χ1n) is 9.98. The molecule has 0 spiro atoms. The lowest BCUT2D eigenvalue weighted by molar-refractivity contribution is -0.133. The van der Waals surface area contributed by atoms with E-state index in [9.17, 15) is 4.79 Å². The number of nitrogens with two attached hydrogens (primary N) is 1. The molecule has 2 N–H and O–H groups in total. The summed E-state index contributed by atoms with van der Waals surface area (Å²) >= 11 is 0. The third kappa shape index (κ3) is 4.93. The molecule has 0 bridgehead atoms. The molecule has 1 aliphatic heterocycles. The molecule has 0 aromatic heterocycles. The van der Waals surface area contributed by atoms with Crippen LogP contribution in [0.4, 0.5) is 0 Å². The van der Waals surface area contributed by atoms with Gasteiger partial charge in [-0.3, -0.25) is 9.69 Å². The number of amides is 1. The minimum Gasteiger partial charge on any atom is -0.334 e. The van der Waals surface area contributed by atoms with Crippen molar-refractivity contribution in [1.29, 1.82) is 0 Å². The van der Waals surface area contributed by atoms with Crippen molar-refractivity contribution in [3.8, 4) is 0 Å². The van der Waals surface area contributed by atoms with E-state index in [-0.39, 0.29) is 24.4 Å². The molecule has 4 rings (SSSR count). The number of carbonyl (C=O) groups is 1. The van der Waals surface area contributed by atoms with Gasteiger partial charge in [0.15, 0.2) is 0 Å². The van der Waals surface area contributed by atoms with Gasteiger partial charge in [-0.05, 0) is 30.9 Å². The molecule has 1 saturated carbocycles. The molecule has 0 radical (unpaired) electrons. The van der Waals surface area contributed by atoms with Crippen LogP contribution in [-0.4, -0.2) is 47.4 Å². The Morgan fingerprint density at radius 2 is 1.75 bits per heavy atom. The molecular formula is C23H30ClN3O. The zero-order valence-electron chi connectivity index (χ0n) is 16.5. The molecule has 2 aliphatic rings. The highest BCUT2D eigenvalue weighted by molar-refractivity contribution is 5.85. The van der Waals surface area contributed by atoms with Crippen molar-refractivity contribution in [3.63, 3.8) is 0 Å². The number of nitrogens with zero attached hydrogens (tertiary/aromatic N) is 2. The summed E-state index contributed by atoms with van der Waals surface area (Å²) in [6, 6.07) is 19.5. The molecule has 28 heavy (non-hydrogen) atoms. The standard InChI is InChI=1S/C23H29N3O.ClH/c1-17-7-9-18(10-8-17)13-26(20-11-12-20)23(27)16-25-14-21(22(24)15-25)19-5-3-2-4-6-19;/h2-10,20-22H,11-16,24H2,1H3;1H/t21-,22+;/m0./s1. The van der Waals surface area contributed by atoms with Crippen molar-refractivity contribution < 1.29 is 4.79 Å². The van der Waals surface area contributed by atoms with Crippen LogP contribution in [0.1, 0.15) is 35.4 Å². The average molecular weight is 400 g/mol. The van der Waals surface area contributed by atoms with E-state index in [2.05, 4.69) is 65.3 Å². The van der Waals surface area contributed by atoms with E-state index in [0.29, 0.717) is 25.0 Å². The number of halogens is 1. The second kappa shape index (κ2) is 9.08. The topological polar surface area (TPSA) is 49.6 Å². The zero-order valence-corrected chi connectivity index (χ0v) is 17.3. The second-order valence-corrected chi connectivity index (χ2v) is 8.11. The van der Waals surface area contributed by atoms with Crippen LogP contribution in [0.25, 0.3) is 0 Å². The van der Waals surface area contributed by atoms with Gasteiger partial charge in [-0.2, -0.15) is 0 Å². The van der Waals surface area contributed by atoms with Crippen molar-refractivity contribution in [2.45, 2.75) is 44.3 Å². The van der Waals surface area contributed by atoms with Gasteiger partial charge in [0.05, 0.1) is 6.54 Å². The second-order valence-electron chi connectivity index (χ2n) is 8.11. The molecule has 2 aromatic carbocycles. The van der Waals surface area contributed by atoms with Crippen LogP contribution >= 0.6 is 12.4 Å². The summed E-state index contributed by atoms with van der Waals surface area (Å²) in [6.07, 6.45) is 2.26. The summed E-state index contributed by atoms with van der Waals surface area (Å²) in [4.78, 5) is 17.4. The summed E-state index contributed by atoms with van der Waals surface area (Å²) in [5, 5.41) is 0. The number of benzene rings is 2. The molecule has 1 amide bonds. The summed E-state index contributed by atoms with van der Waals surface area (Å²) in [5.41, 5.74) is 10.1. The minimum absolute atomic E-state index is 0. The van der Waals surface area contributed by atoms with Crippen LogP contribution in [-0.2, 0) is 11.3 Å². The minimum atomic E-state index is 0. The first-order chi connectivity index (χ1) is 13.1. The van der Waals surface area contributed by atoms with Gasteiger partial charge in [-0.15, -0.1) is 12.4 Å². The van der Waals surface area contributed by atoms with Gasteiger partial charge in [0.25, 0.3) is 0 Å². The van der Waals surface area contributed by atoms with Crippen LogP contribution in [0.15, 0.2) is 54.6 Å². The lowest BCUT2D eigenvalue weighted by Gasteiger charge is -2.25. The van der Waals surface area contributed by atoms with Gasteiger partial charge >= 0.3 is 0 Å².